The lowest BCUT2D eigenvalue weighted by atomic mass is 9.79. The van der Waals surface area contributed by atoms with Crippen LogP contribution in [0, 0.1) is 5.41 Å². The lowest BCUT2D eigenvalue weighted by Crippen LogP contribution is -2.41. The minimum atomic E-state index is -3.38. The van der Waals surface area contributed by atoms with Crippen LogP contribution in [0.25, 0.3) is 0 Å². The first kappa shape index (κ1) is 16.5. The lowest BCUT2D eigenvalue weighted by Gasteiger charge is -2.38. The van der Waals surface area contributed by atoms with Crippen LogP contribution in [0.15, 0.2) is 29.2 Å². The SMILES string of the molecule is CCC1(C)CCN(S(=O)(=O)c2ccc(CCO)cc2)CC1. The van der Waals surface area contributed by atoms with Crippen molar-refractivity contribution in [1.82, 2.24) is 4.31 Å². The van der Waals surface area contributed by atoms with E-state index in [-0.39, 0.29) is 12.0 Å². The molecule has 0 unspecified atom stereocenters. The molecule has 4 nitrogen and oxygen atoms in total. The number of rotatable bonds is 5. The Morgan fingerprint density at radius 3 is 2.24 bits per heavy atom. The Bertz CT molecular complexity index is 558. The number of piperidine rings is 1. The number of aliphatic hydroxyl groups excluding tert-OH is 1. The molecular weight excluding hydrogens is 286 g/mol. The van der Waals surface area contributed by atoms with Gasteiger partial charge < -0.3 is 5.11 Å². The van der Waals surface area contributed by atoms with E-state index < -0.39 is 10.0 Å². The first-order chi connectivity index (χ1) is 9.91. The maximum atomic E-state index is 12.6. The molecule has 1 heterocycles. The maximum Gasteiger partial charge on any atom is 0.243 e. The molecule has 0 amide bonds. The summed E-state index contributed by atoms with van der Waals surface area (Å²) in [5.41, 5.74) is 1.23. The topological polar surface area (TPSA) is 57.6 Å². The van der Waals surface area contributed by atoms with Crippen LogP contribution in [0.2, 0.25) is 0 Å². The molecule has 2 rings (SSSR count). The van der Waals surface area contributed by atoms with Crippen molar-refractivity contribution < 1.29 is 13.5 Å². The van der Waals surface area contributed by atoms with Gasteiger partial charge in [-0.2, -0.15) is 4.31 Å². The van der Waals surface area contributed by atoms with E-state index >= 15 is 0 Å². The van der Waals surface area contributed by atoms with Gasteiger partial charge in [0.25, 0.3) is 0 Å². The Hall–Kier alpha value is -0.910. The molecule has 21 heavy (non-hydrogen) atoms. The van der Waals surface area contributed by atoms with Crippen LogP contribution in [-0.2, 0) is 16.4 Å². The normalized spacial score (nSPS) is 19.6. The summed E-state index contributed by atoms with van der Waals surface area (Å²) < 4.78 is 26.9. The number of aliphatic hydroxyl groups is 1. The van der Waals surface area contributed by atoms with E-state index in [4.69, 9.17) is 5.11 Å². The summed E-state index contributed by atoms with van der Waals surface area (Å²) in [6.45, 7) is 5.69. The third-order valence-corrected chi connectivity index (χ3v) is 6.66. The summed E-state index contributed by atoms with van der Waals surface area (Å²) >= 11 is 0. The molecule has 118 valence electrons. The highest BCUT2D eigenvalue weighted by Crippen LogP contribution is 2.35. The fourth-order valence-electron chi connectivity index (χ4n) is 2.73. The third-order valence-electron chi connectivity index (χ3n) is 4.74. The largest absolute Gasteiger partial charge is 0.396 e. The van der Waals surface area contributed by atoms with Crippen LogP contribution in [0.5, 0.6) is 0 Å². The molecule has 1 aliphatic heterocycles. The van der Waals surface area contributed by atoms with E-state index in [1.54, 1.807) is 28.6 Å². The van der Waals surface area contributed by atoms with Crippen molar-refractivity contribution >= 4 is 10.0 Å². The van der Waals surface area contributed by atoms with Crippen molar-refractivity contribution in [2.75, 3.05) is 19.7 Å². The predicted molar refractivity (Wildman–Crippen MR) is 83.6 cm³/mol. The fraction of sp³-hybridized carbons (Fsp3) is 0.625. The summed E-state index contributed by atoms with van der Waals surface area (Å²) in [6, 6.07) is 6.86. The Labute approximate surface area is 127 Å². The molecule has 0 radical (unpaired) electrons. The average molecular weight is 311 g/mol. The van der Waals surface area contributed by atoms with Crippen molar-refractivity contribution in [3.05, 3.63) is 29.8 Å². The Kier molecular flexibility index (Phi) is 5.07. The molecule has 1 fully saturated rings. The number of nitrogens with zero attached hydrogens (tertiary/aromatic N) is 1. The zero-order valence-corrected chi connectivity index (χ0v) is 13.7. The van der Waals surface area contributed by atoms with Crippen molar-refractivity contribution in [1.29, 1.82) is 0 Å². The van der Waals surface area contributed by atoms with Gasteiger partial charge in [-0.3, -0.25) is 0 Å². The summed E-state index contributed by atoms with van der Waals surface area (Å²) in [4.78, 5) is 0.351. The number of sulfonamides is 1. The first-order valence-corrected chi connectivity index (χ1v) is 9.05. The highest BCUT2D eigenvalue weighted by Gasteiger charge is 2.34. The highest BCUT2D eigenvalue weighted by atomic mass is 32.2. The van der Waals surface area contributed by atoms with Crippen LogP contribution < -0.4 is 0 Å². The lowest BCUT2D eigenvalue weighted by molar-refractivity contribution is 0.169. The summed E-state index contributed by atoms with van der Waals surface area (Å²) in [7, 11) is -3.38. The molecule has 1 saturated heterocycles. The van der Waals surface area contributed by atoms with Crippen LogP contribution in [0.4, 0.5) is 0 Å². The van der Waals surface area contributed by atoms with Crippen LogP contribution in [0.3, 0.4) is 0 Å². The van der Waals surface area contributed by atoms with Gasteiger partial charge in [-0.1, -0.05) is 32.4 Å². The molecule has 5 heteroatoms. The molecule has 1 aliphatic rings. The minimum Gasteiger partial charge on any atom is -0.396 e. The van der Waals surface area contributed by atoms with Gasteiger partial charge in [0.2, 0.25) is 10.0 Å². The third kappa shape index (κ3) is 3.65. The van der Waals surface area contributed by atoms with Crippen molar-refractivity contribution in [2.24, 2.45) is 5.41 Å². The van der Waals surface area contributed by atoms with Gasteiger partial charge in [-0.25, -0.2) is 8.42 Å². The maximum absolute atomic E-state index is 12.6. The minimum absolute atomic E-state index is 0.0772. The molecule has 0 atom stereocenters. The molecule has 0 aromatic heterocycles. The smallest absolute Gasteiger partial charge is 0.243 e. The molecule has 0 spiro atoms. The second-order valence-corrected chi connectivity index (χ2v) is 8.12. The highest BCUT2D eigenvalue weighted by molar-refractivity contribution is 7.89. The van der Waals surface area contributed by atoms with E-state index in [1.807, 2.05) is 0 Å². The van der Waals surface area contributed by atoms with Crippen molar-refractivity contribution in [2.45, 2.75) is 44.4 Å². The van der Waals surface area contributed by atoms with Crippen LogP contribution in [0.1, 0.15) is 38.7 Å². The van der Waals surface area contributed by atoms with Crippen molar-refractivity contribution in [3.8, 4) is 0 Å². The first-order valence-electron chi connectivity index (χ1n) is 7.61. The predicted octanol–water partition coefficient (Wildman–Crippen LogP) is 2.42. The van der Waals surface area contributed by atoms with E-state index in [0.717, 1.165) is 24.8 Å². The Morgan fingerprint density at radius 2 is 1.76 bits per heavy atom. The molecule has 0 bridgehead atoms. The summed E-state index contributed by atoms with van der Waals surface area (Å²) in [5.74, 6) is 0. The Morgan fingerprint density at radius 1 is 1.19 bits per heavy atom. The second kappa shape index (κ2) is 6.46. The van der Waals surface area contributed by atoms with Gasteiger partial charge in [0, 0.05) is 19.7 Å². The molecule has 0 aliphatic carbocycles. The van der Waals surface area contributed by atoms with Crippen molar-refractivity contribution in [3.63, 3.8) is 0 Å². The van der Waals surface area contributed by atoms with Crippen LogP contribution in [-0.4, -0.2) is 37.5 Å². The number of hydrogen-bond acceptors (Lipinski definition) is 3. The number of hydrogen-bond donors (Lipinski definition) is 1. The summed E-state index contributed by atoms with van der Waals surface area (Å²) in [5, 5.41) is 8.90. The molecule has 1 aromatic rings. The standard InChI is InChI=1S/C16H25NO3S/c1-3-16(2)9-11-17(12-10-16)21(19,20)15-6-4-14(5-7-15)8-13-18/h4-7,18H,3,8-13H2,1-2H3. The molecule has 1 aromatic carbocycles. The van der Waals surface area contributed by atoms with E-state index in [2.05, 4.69) is 13.8 Å². The zero-order valence-electron chi connectivity index (χ0n) is 12.9. The second-order valence-electron chi connectivity index (χ2n) is 6.19. The number of benzene rings is 1. The molecule has 0 saturated carbocycles. The van der Waals surface area contributed by atoms with Gasteiger partial charge in [-0.15, -0.1) is 0 Å². The molecular formula is C16H25NO3S. The van der Waals surface area contributed by atoms with E-state index in [0.29, 0.717) is 24.4 Å². The van der Waals surface area contributed by atoms with Gasteiger partial charge in [-0.05, 0) is 42.4 Å². The average Bonchev–Trinajstić information content (AvgIpc) is 2.49. The van der Waals surface area contributed by atoms with E-state index in [1.165, 1.54) is 0 Å². The van der Waals surface area contributed by atoms with E-state index in [9.17, 15) is 8.42 Å². The van der Waals surface area contributed by atoms with Gasteiger partial charge >= 0.3 is 0 Å². The quantitative estimate of drug-likeness (QED) is 0.908. The molecule has 1 N–H and O–H groups in total. The zero-order chi connectivity index (χ0) is 15.5. The monoisotopic (exact) mass is 311 g/mol. The fourth-order valence-corrected chi connectivity index (χ4v) is 4.17. The van der Waals surface area contributed by atoms with Gasteiger partial charge in [0.05, 0.1) is 4.90 Å². The van der Waals surface area contributed by atoms with Gasteiger partial charge in [0.1, 0.15) is 0 Å². The van der Waals surface area contributed by atoms with Gasteiger partial charge in [0.15, 0.2) is 0 Å². The van der Waals surface area contributed by atoms with Crippen LogP contribution >= 0.6 is 0 Å². The summed E-state index contributed by atoms with van der Waals surface area (Å²) in [6.07, 6.45) is 3.49. The Balaban J connectivity index is 2.12.